The summed E-state index contributed by atoms with van der Waals surface area (Å²) in [6.07, 6.45) is 7.23. The minimum atomic E-state index is -0.612. The maximum absolute atomic E-state index is 12.3. The summed E-state index contributed by atoms with van der Waals surface area (Å²) in [6.45, 7) is 5.89. The van der Waals surface area contributed by atoms with Gasteiger partial charge in [-0.2, -0.15) is 0 Å². The van der Waals surface area contributed by atoms with E-state index in [0.29, 0.717) is 11.6 Å². The first-order valence-corrected chi connectivity index (χ1v) is 10.8. The number of carbonyl (C=O) groups is 2. The van der Waals surface area contributed by atoms with Gasteiger partial charge in [0.25, 0.3) is 0 Å². The number of benzene rings is 1. The first-order chi connectivity index (χ1) is 13.5. The van der Waals surface area contributed by atoms with Gasteiger partial charge in [0.15, 0.2) is 0 Å². The Morgan fingerprint density at radius 2 is 1.71 bits per heavy atom. The number of nitrogens with one attached hydrogen (secondary N) is 2. The van der Waals surface area contributed by atoms with Crippen molar-refractivity contribution >= 4 is 28.3 Å². The molecule has 0 spiro atoms. The van der Waals surface area contributed by atoms with Crippen LogP contribution < -0.4 is 10.6 Å². The van der Waals surface area contributed by atoms with Crippen LogP contribution in [0.3, 0.4) is 0 Å². The number of nitrogens with zero attached hydrogens (tertiary/aromatic N) is 2. The van der Waals surface area contributed by atoms with Gasteiger partial charge in [-0.25, -0.2) is 0 Å². The molecule has 0 saturated heterocycles. The van der Waals surface area contributed by atoms with Gasteiger partial charge in [0.1, 0.15) is 11.0 Å². The molecule has 6 nitrogen and oxygen atoms in total. The number of aryl methyl sites for hydroxylation is 1. The lowest BCUT2D eigenvalue weighted by molar-refractivity contribution is -0.126. The van der Waals surface area contributed by atoms with Crippen LogP contribution in [-0.2, 0) is 9.59 Å². The third kappa shape index (κ3) is 7.38. The summed E-state index contributed by atoms with van der Waals surface area (Å²) in [6, 6.07) is 7.37. The Labute approximate surface area is 171 Å². The molecule has 0 radical (unpaired) electrons. The topological polar surface area (TPSA) is 84.0 Å². The highest BCUT2D eigenvalue weighted by Crippen LogP contribution is 2.26. The number of rotatable bonds is 11. The van der Waals surface area contributed by atoms with E-state index in [1.807, 2.05) is 31.2 Å². The van der Waals surface area contributed by atoms with Crippen LogP contribution in [0.25, 0.3) is 10.6 Å². The van der Waals surface area contributed by atoms with Gasteiger partial charge in [0.05, 0.1) is 0 Å². The Bertz CT molecular complexity index is 758. The Balaban J connectivity index is 1.74. The summed E-state index contributed by atoms with van der Waals surface area (Å²) < 4.78 is 0. The average molecular weight is 403 g/mol. The summed E-state index contributed by atoms with van der Waals surface area (Å²) in [5.41, 5.74) is 2.14. The van der Waals surface area contributed by atoms with Crippen molar-refractivity contribution in [3.05, 3.63) is 29.8 Å². The molecule has 2 N–H and O–H groups in total. The highest BCUT2D eigenvalue weighted by Gasteiger charge is 2.17. The standard InChI is InChI=1S/C21H30N4O2S/c1-4-5-6-7-8-9-10-18(26)22-16(3)19(27)23-21-25-24-20(28-21)17-13-11-15(2)12-14-17/h11-14,16H,4-10H2,1-3H3,(H,22,26)(H,23,25,27)/t16-/m0/s1. The van der Waals surface area contributed by atoms with Crippen molar-refractivity contribution < 1.29 is 9.59 Å². The Kier molecular flexibility index (Phi) is 9.07. The van der Waals surface area contributed by atoms with Crippen LogP contribution in [0.1, 0.15) is 64.4 Å². The van der Waals surface area contributed by atoms with E-state index in [0.717, 1.165) is 29.8 Å². The van der Waals surface area contributed by atoms with Crippen LogP contribution in [0.4, 0.5) is 5.13 Å². The summed E-state index contributed by atoms with van der Waals surface area (Å²) >= 11 is 1.31. The first-order valence-electron chi connectivity index (χ1n) is 10.0. The normalized spacial score (nSPS) is 11.8. The van der Waals surface area contributed by atoms with Crippen LogP contribution in [0.5, 0.6) is 0 Å². The molecule has 0 bridgehead atoms. The quantitative estimate of drug-likeness (QED) is 0.533. The van der Waals surface area contributed by atoms with Crippen molar-refractivity contribution in [1.82, 2.24) is 15.5 Å². The van der Waals surface area contributed by atoms with Crippen molar-refractivity contribution in [3.8, 4) is 10.6 Å². The average Bonchev–Trinajstić information content (AvgIpc) is 3.13. The fourth-order valence-electron chi connectivity index (χ4n) is 2.75. The highest BCUT2D eigenvalue weighted by molar-refractivity contribution is 7.18. The Hall–Kier alpha value is -2.28. The molecule has 1 atom stereocenters. The number of hydrogen-bond acceptors (Lipinski definition) is 5. The molecule has 2 aromatic rings. The summed E-state index contributed by atoms with van der Waals surface area (Å²) in [4.78, 5) is 24.3. The van der Waals surface area contributed by atoms with E-state index in [2.05, 4.69) is 27.8 Å². The van der Waals surface area contributed by atoms with Crippen LogP contribution in [0, 0.1) is 6.92 Å². The van der Waals surface area contributed by atoms with Gasteiger partial charge in [-0.05, 0) is 20.3 Å². The molecular formula is C21H30N4O2S. The largest absolute Gasteiger partial charge is 0.345 e. The van der Waals surface area contributed by atoms with E-state index < -0.39 is 6.04 Å². The maximum atomic E-state index is 12.3. The minimum absolute atomic E-state index is 0.0873. The number of aromatic nitrogens is 2. The highest BCUT2D eigenvalue weighted by atomic mass is 32.1. The van der Waals surface area contributed by atoms with Crippen molar-refractivity contribution in [2.45, 2.75) is 71.8 Å². The predicted octanol–water partition coefficient (Wildman–Crippen LogP) is 4.71. The van der Waals surface area contributed by atoms with Crippen LogP contribution in [-0.4, -0.2) is 28.1 Å². The van der Waals surface area contributed by atoms with Gasteiger partial charge < -0.3 is 5.32 Å². The first kappa shape index (κ1) is 22.0. The van der Waals surface area contributed by atoms with Crippen LogP contribution in [0.2, 0.25) is 0 Å². The van der Waals surface area contributed by atoms with Gasteiger partial charge in [-0.15, -0.1) is 10.2 Å². The van der Waals surface area contributed by atoms with Crippen molar-refractivity contribution in [3.63, 3.8) is 0 Å². The lowest BCUT2D eigenvalue weighted by Crippen LogP contribution is -2.41. The van der Waals surface area contributed by atoms with Gasteiger partial charge in [-0.3, -0.25) is 14.9 Å². The minimum Gasteiger partial charge on any atom is -0.345 e. The summed E-state index contributed by atoms with van der Waals surface area (Å²) in [5.74, 6) is -0.376. The molecule has 0 aliphatic heterocycles. The molecular weight excluding hydrogens is 372 g/mol. The van der Waals surface area contributed by atoms with E-state index in [4.69, 9.17) is 0 Å². The molecule has 7 heteroatoms. The second-order valence-corrected chi connectivity index (χ2v) is 8.05. The van der Waals surface area contributed by atoms with Crippen molar-refractivity contribution in [2.75, 3.05) is 5.32 Å². The molecule has 0 saturated carbocycles. The van der Waals surface area contributed by atoms with Gasteiger partial charge in [0.2, 0.25) is 16.9 Å². The number of hydrogen-bond donors (Lipinski definition) is 2. The molecule has 2 amide bonds. The molecule has 0 aliphatic carbocycles. The SMILES string of the molecule is CCCCCCCCC(=O)N[C@@H](C)C(=O)Nc1nnc(-c2ccc(C)cc2)s1. The van der Waals surface area contributed by atoms with Crippen molar-refractivity contribution in [2.24, 2.45) is 0 Å². The molecule has 2 rings (SSSR count). The maximum Gasteiger partial charge on any atom is 0.248 e. The third-order valence-corrected chi connectivity index (χ3v) is 5.37. The molecule has 0 fully saturated rings. The lowest BCUT2D eigenvalue weighted by Gasteiger charge is -2.12. The van der Waals surface area contributed by atoms with E-state index in [1.165, 1.54) is 36.2 Å². The number of amides is 2. The van der Waals surface area contributed by atoms with Crippen LogP contribution in [0.15, 0.2) is 24.3 Å². The van der Waals surface area contributed by atoms with Crippen LogP contribution >= 0.6 is 11.3 Å². The number of carbonyl (C=O) groups excluding carboxylic acids is 2. The monoisotopic (exact) mass is 402 g/mol. The Morgan fingerprint density at radius 3 is 2.43 bits per heavy atom. The van der Waals surface area contributed by atoms with Gasteiger partial charge in [-0.1, -0.05) is 80.2 Å². The molecule has 1 aromatic heterocycles. The Morgan fingerprint density at radius 1 is 1.04 bits per heavy atom. The van der Waals surface area contributed by atoms with E-state index in [9.17, 15) is 9.59 Å². The molecule has 0 unspecified atom stereocenters. The molecule has 152 valence electrons. The number of unbranched alkanes of at least 4 members (excludes halogenated alkanes) is 5. The number of anilines is 1. The van der Waals surface area contributed by atoms with E-state index in [-0.39, 0.29) is 11.8 Å². The lowest BCUT2D eigenvalue weighted by atomic mass is 10.1. The zero-order valence-corrected chi connectivity index (χ0v) is 17.8. The zero-order valence-electron chi connectivity index (χ0n) is 17.0. The summed E-state index contributed by atoms with van der Waals surface area (Å²) in [7, 11) is 0. The second-order valence-electron chi connectivity index (χ2n) is 7.07. The third-order valence-electron chi connectivity index (χ3n) is 4.48. The van der Waals surface area contributed by atoms with Gasteiger partial charge >= 0.3 is 0 Å². The molecule has 28 heavy (non-hydrogen) atoms. The molecule has 0 aliphatic rings. The second kappa shape index (κ2) is 11.5. The fourth-order valence-corrected chi connectivity index (χ4v) is 3.50. The predicted molar refractivity (Wildman–Crippen MR) is 114 cm³/mol. The van der Waals surface area contributed by atoms with Crippen molar-refractivity contribution in [1.29, 1.82) is 0 Å². The van der Waals surface area contributed by atoms with E-state index in [1.54, 1.807) is 6.92 Å². The molecule has 1 heterocycles. The fraction of sp³-hybridized carbons (Fsp3) is 0.524. The smallest absolute Gasteiger partial charge is 0.248 e. The molecule has 1 aromatic carbocycles. The zero-order chi connectivity index (χ0) is 20.4. The van der Waals surface area contributed by atoms with Gasteiger partial charge in [0, 0.05) is 12.0 Å². The summed E-state index contributed by atoms with van der Waals surface area (Å²) in [5, 5.41) is 14.8. The van der Waals surface area contributed by atoms with E-state index >= 15 is 0 Å².